The number of nitrogens with zero attached hydrogens (tertiary/aromatic N) is 2. The van der Waals surface area contributed by atoms with Gasteiger partial charge >= 0.3 is 0 Å². The summed E-state index contributed by atoms with van der Waals surface area (Å²) in [4.78, 5) is 0. The minimum Gasteiger partial charge on any atom is -0.493 e. The zero-order chi connectivity index (χ0) is 14.8. The lowest BCUT2D eigenvalue weighted by Crippen LogP contribution is -2.27. The summed E-state index contributed by atoms with van der Waals surface area (Å²) in [5.74, 6) is 0.603. The Morgan fingerprint density at radius 3 is 2.55 bits per heavy atom. The van der Waals surface area contributed by atoms with Crippen molar-refractivity contribution >= 4 is 15.9 Å². The Morgan fingerprint density at radius 2 is 2.00 bits per heavy atom. The first-order valence-corrected chi connectivity index (χ1v) is 7.38. The molecular formula is C15H19BrN2O2. The molecular weight excluding hydrogens is 320 g/mol. The molecule has 0 bridgehead atoms. The summed E-state index contributed by atoms with van der Waals surface area (Å²) in [6, 6.07) is 7.62. The first-order chi connectivity index (χ1) is 9.50. The fraction of sp³-hybridized carbons (Fsp3) is 0.400. The lowest BCUT2D eigenvalue weighted by molar-refractivity contribution is 0.0882. The number of ether oxygens (including phenoxy) is 1. The molecule has 4 nitrogen and oxygen atoms in total. The SMILES string of the molecule is CCCn1ncc(OC)c1C(C)(O)c1ccc(Br)cc1. The van der Waals surface area contributed by atoms with E-state index in [9.17, 15) is 5.11 Å². The average Bonchev–Trinajstić information content (AvgIpc) is 2.83. The van der Waals surface area contributed by atoms with E-state index >= 15 is 0 Å². The molecule has 1 aromatic carbocycles. The minimum atomic E-state index is -1.16. The molecule has 108 valence electrons. The quantitative estimate of drug-likeness (QED) is 0.909. The summed E-state index contributed by atoms with van der Waals surface area (Å²) < 4.78 is 8.14. The molecule has 0 saturated carbocycles. The molecule has 0 fully saturated rings. The van der Waals surface area contributed by atoms with Gasteiger partial charge in [-0.2, -0.15) is 5.10 Å². The van der Waals surface area contributed by atoms with Gasteiger partial charge in [0.2, 0.25) is 0 Å². The number of hydrogen-bond acceptors (Lipinski definition) is 3. The molecule has 20 heavy (non-hydrogen) atoms. The lowest BCUT2D eigenvalue weighted by Gasteiger charge is -2.26. The zero-order valence-electron chi connectivity index (χ0n) is 11.9. The van der Waals surface area contributed by atoms with Gasteiger partial charge in [0.1, 0.15) is 11.3 Å². The van der Waals surface area contributed by atoms with E-state index in [2.05, 4.69) is 28.0 Å². The van der Waals surface area contributed by atoms with E-state index < -0.39 is 5.60 Å². The van der Waals surface area contributed by atoms with Crippen molar-refractivity contribution in [3.8, 4) is 5.75 Å². The number of aryl methyl sites for hydroxylation is 1. The van der Waals surface area contributed by atoms with Crippen LogP contribution >= 0.6 is 15.9 Å². The summed E-state index contributed by atoms with van der Waals surface area (Å²) in [6.07, 6.45) is 2.59. The summed E-state index contributed by atoms with van der Waals surface area (Å²) in [7, 11) is 1.59. The molecule has 1 unspecified atom stereocenters. The second-order valence-corrected chi connectivity index (χ2v) is 5.78. The molecule has 0 aliphatic rings. The van der Waals surface area contributed by atoms with Gasteiger partial charge in [0.15, 0.2) is 5.75 Å². The van der Waals surface area contributed by atoms with E-state index in [1.807, 2.05) is 24.3 Å². The maximum absolute atomic E-state index is 11.0. The Labute approximate surface area is 127 Å². The largest absolute Gasteiger partial charge is 0.493 e. The smallest absolute Gasteiger partial charge is 0.163 e. The van der Waals surface area contributed by atoms with Crippen LogP contribution in [0.3, 0.4) is 0 Å². The highest BCUT2D eigenvalue weighted by atomic mass is 79.9. The van der Waals surface area contributed by atoms with Gasteiger partial charge in [-0.05, 0) is 31.0 Å². The van der Waals surface area contributed by atoms with Crippen molar-refractivity contribution in [2.75, 3.05) is 7.11 Å². The standard InChI is InChI=1S/C15H19BrN2O2/c1-4-9-18-14(13(20-3)10-17-18)15(2,19)11-5-7-12(16)8-6-11/h5-8,10,19H,4,9H2,1-3H3. The topological polar surface area (TPSA) is 47.3 Å². The van der Waals surface area contributed by atoms with Crippen LogP contribution in [0.1, 0.15) is 31.5 Å². The molecule has 2 aromatic rings. The van der Waals surface area contributed by atoms with Crippen LogP contribution in [0.15, 0.2) is 34.9 Å². The Morgan fingerprint density at radius 1 is 1.35 bits per heavy atom. The van der Waals surface area contributed by atoms with E-state index in [1.165, 1.54) is 0 Å². The zero-order valence-corrected chi connectivity index (χ0v) is 13.5. The lowest BCUT2D eigenvalue weighted by atomic mass is 9.92. The van der Waals surface area contributed by atoms with Crippen LogP contribution in [0.2, 0.25) is 0 Å². The molecule has 0 spiro atoms. The van der Waals surface area contributed by atoms with Gasteiger partial charge in [-0.3, -0.25) is 4.68 Å². The van der Waals surface area contributed by atoms with Crippen LogP contribution in [0.25, 0.3) is 0 Å². The van der Waals surface area contributed by atoms with E-state index in [0.717, 1.165) is 23.0 Å². The van der Waals surface area contributed by atoms with Crippen LogP contribution in [-0.4, -0.2) is 22.0 Å². The van der Waals surface area contributed by atoms with Crippen LogP contribution in [0.4, 0.5) is 0 Å². The fourth-order valence-corrected chi connectivity index (χ4v) is 2.57. The number of methoxy groups -OCH3 is 1. The molecule has 0 radical (unpaired) electrons. The van der Waals surface area contributed by atoms with Crippen LogP contribution < -0.4 is 4.74 Å². The predicted octanol–water partition coefficient (Wildman–Crippen LogP) is 3.32. The molecule has 0 aliphatic heterocycles. The van der Waals surface area contributed by atoms with Crippen LogP contribution in [0.5, 0.6) is 5.75 Å². The van der Waals surface area contributed by atoms with Crippen molar-refractivity contribution in [2.24, 2.45) is 0 Å². The summed E-state index contributed by atoms with van der Waals surface area (Å²) in [5, 5.41) is 15.3. The Balaban J connectivity index is 2.52. The molecule has 1 N–H and O–H groups in total. The van der Waals surface area contributed by atoms with Gasteiger partial charge < -0.3 is 9.84 Å². The average molecular weight is 339 g/mol. The fourth-order valence-electron chi connectivity index (χ4n) is 2.30. The Hall–Kier alpha value is -1.33. The second kappa shape index (κ2) is 5.97. The molecule has 0 saturated heterocycles. The maximum atomic E-state index is 11.0. The number of aliphatic hydroxyl groups is 1. The molecule has 0 aliphatic carbocycles. The molecule has 1 aromatic heterocycles. The Kier molecular flexibility index (Phi) is 4.50. The Bertz CT molecular complexity index is 576. The highest BCUT2D eigenvalue weighted by Crippen LogP contribution is 2.35. The monoisotopic (exact) mass is 338 g/mol. The van der Waals surface area contributed by atoms with Gasteiger partial charge in [-0.25, -0.2) is 0 Å². The minimum absolute atomic E-state index is 0.603. The van der Waals surface area contributed by atoms with Gasteiger partial charge in [-0.15, -0.1) is 0 Å². The summed E-state index contributed by atoms with van der Waals surface area (Å²) in [5.41, 5.74) is 0.332. The van der Waals surface area contributed by atoms with Crippen molar-refractivity contribution in [1.29, 1.82) is 0 Å². The van der Waals surface area contributed by atoms with Crippen LogP contribution in [0, 0.1) is 0 Å². The normalized spacial score (nSPS) is 14.1. The molecule has 1 heterocycles. The second-order valence-electron chi connectivity index (χ2n) is 4.86. The van der Waals surface area contributed by atoms with Crippen molar-refractivity contribution in [2.45, 2.75) is 32.4 Å². The highest BCUT2D eigenvalue weighted by Gasteiger charge is 2.33. The van der Waals surface area contributed by atoms with Gasteiger partial charge in [-0.1, -0.05) is 35.0 Å². The van der Waals surface area contributed by atoms with E-state index in [0.29, 0.717) is 11.4 Å². The van der Waals surface area contributed by atoms with Crippen molar-refractivity contribution in [3.05, 3.63) is 46.2 Å². The number of halogens is 1. The number of benzene rings is 1. The number of hydrogen-bond donors (Lipinski definition) is 1. The number of aromatic nitrogens is 2. The summed E-state index contributed by atoms with van der Waals surface area (Å²) >= 11 is 3.40. The molecule has 1 atom stereocenters. The molecule has 5 heteroatoms. The van der Waals surface area contributed by atoms with Crippen molar-refractivity contribution in [1.82, 2.24) is 9.78 Å². The molecule has 2 rings (SSSR count). The third kappa shape index (κ3) is 2.74. The first-order valence-electron chi connectivity index (χ1n) is 6.59. The van der Waals surface area contributed by atoms with Crippen molar-refractivity contribution < 1.29 is 9.84 Å². The van der Waals surface area contributed by atoms with Gasteiger partial charge in [0, 0.05) is 11.0 Å². The van der Waals surface area contributed by atoms with E-state index in [-0.39, 0.29) is 0 Å². The molecule has 0 amide bonds. The summed E-state index contributed by atoms with van der Waals surface area (Å²) in [6.45, 7) is 4.58. The maximum Gasteiger partial charge on any atom is 0.163 e. The highest BCUT2D eigenvalue weighted by molar-refractivity contribution is 9.10. The third-order valence-corrected chi connectivity index (χ3v) is 3.86. The number of rotatable bonds is 5. The van der Waals surface area contributed by atoms with Crippen LogP contribution in [-0.2, 0) is 12.1 Å². The van der Waals surface area contributed by atoms with Gasteiger partial charge in [0.05, 0.1) is 13.3 Å². The third-order valence-electron chi connectivity index (χ3n) is 3.33. The van der Waals surface area contributed by atoms with Crippen molar-refractivity contribution in [3.63, 3.8) is 0 Å². The van der Waals surface area contributed by atoms with E-state index in [1.54, 1.807) is 24.9 Å². The first kappa shape index (κ1) is 15.1. The predicted molar refractivity (Wildman–Crippen MR) is 81.9 cm³/mol. The van der Waals surface area contributed by atoms with E-state index in [4.69, 9.17) is 4.74 Å². The van der Waals surface area contributed by atoms with Gasteiger partial charge in [0.25, 0.3) is 0 Å².